The van der Waals surface area contributed by atoms with E-state index < -0.39 is 26.2 Å². The number of carbonyl (C=O) groups excluding carboxylic acids is 1. The smallest absolute Gasteiger partial charge is 0.276 e. The first-order valence-corrected chi connectivity index (χ1v) is 11.6. The van der Waals surface area contributed by atoms with Gasteiger partial charge in [0.25, 0.3) is 5.91 Å². The van der Waals surface area contributed by atoms with Crippen LogP contribution in [0.25, 0.3) is 0 Å². The van der Waals surface area contributed by atoms with Gasteiger partial charge < -0.3 is 11.1 Å². The summed E-state index contributed by atoms with van der Waals surface area (Å²) in [6, 6.07) is 5.56. The summed E-state index contributed by atoms with van der Waals surface area (Å²) < 4.78 is 31.6. The van der Waals surface area contributed by atoms with E-state index in [1.807, 2.05) is 6.07 Å². The minimum atomic E-state index is -3.04. The van der Waals surface area contributed by atoms with Crippen LogP contribution in [0.5, 0.6) is 0 Å². The van der Waals surface area contributed by atoms with Crippen LogP contribution in [0.2, 0.25) is 5.02 Å². The molecule has 2 aromatic rings. The van der Waals surface area contributed by atoms with Crippen LogP contribution in [-0.2, 0) is 15.5 Å². The van der Waals surface area contributed by atoms with Gasteiger partial charge in [-0.3, -0.25) is 9.79 Å². The second-order valence-electron chi connectivity index (χ2n) is 7.33. The van der Waals surface area contributed by atoms with Gasteiger partial charge in [-0.25, -0.2) is 22.9 Å². The number of nitrogens with two attached hydrogens (primary N) is 1. The minimum Gasteiger partial charge on any atom is -0.386 e. The lowest BCUT2D eigenvalue weighted by Crippen LogP contribution is -2.50. The van der Waals surface area contributed by atoms with Crippen molar-refractivity contribution in [2.75, 3.05) is 18.9 Å². The molecule has 1 unspecified atom stereocenters. The van der Waals surface area contributed by atoms with Gasteiger partial charge in [0, 0.05) is 19.8 Å². The third kappa shape index (κ3) is 4.42. The van der Waals surface area contributed by atoms with Gasteiger partial charge in [0.2, 0.25) is 0 Å². The van der Waals surface area contributed by atoms with E-state index in [1.165, 1.54) is 25.4 Å². The van der Waals surface area contributed by atoms with E-state index in [9.17, 15) is 13.4 Å². The molecule has 168 valence electrons. The first kappa shape index (κ1) is 23.6. The molecule has 9 nitrogen and oxygen atoms in total. The number of hydrogen-bond acceptors (Lipinski definition) is 7. The molecule has 0 saturated carbocycles. The summed E-state index contributed by atoms with van der Waals surface area (Å²) in [5, 5.41) is 11.4. The zero-order chi connectivity index (χ0) is 23.5. The van der Waals surface area contributed by atoms with Crippen LogP contribution in [-0.4, -0.2) is 44.3 Å². The molecule has 1 aliphatic rings. The summed E-state index contributed by atoms with van der Waals surface area (Å²) in [6.07, 6.45) is 2.40. The topological polar surface area (TPSA) is 146 Å². The third-order valence-electron chi connectivity index (χ3n) is 5.28. The Morgan fingerprint density at radius 3 is 2.91 bits per heavy atom. The van der Waals surface area contributed by atoms with Gasteiger partial charge in [-0.2, -0.15) is 5.26 Å². The summed E-state index contributed by atoms with van der Waals surface area (Å²) in [4.78, 5) is 24.6. The Labute approximate surface area is 190 Å². The van der Waals surface area contributed by atoms with E-state index in [1.54, 1.807) is 6.92 Å². The van der Waals surface area contributed by atoms with E-state index in [4.69, 9.17) is 22.6 Å². The summed E-state index contributed by atoms with van der Waals surface area (Å²) in [6.45, 7) is 2.08. The molecule has 32 heavy (non-hydrogen) atoms. The molecule has 0 spiro atoms. The molecule has 3 heterocycles. The largest absolute Gasteiger partial charge is 0.386 e. The fourth-order valence-electron chi connectivity index (χ4n) is 3.35. The van der Waals surface area contributed by atoms with Gasteiger partial charge in [-0.15, -0.1) is 0 Å². The van der Waals surface area contributed by atoms with E-state index in [-0.39, 0.29) is 39.4 Å². The fourth-order valence-corrected chi connectivity index (χ4v) is 6.17. The van der Waals surface area contributed by atoms with Gasteiger partial charge in [0.1, 0.15) is 34.0 Å². The number of pyridine rings is 2. The number of carbonyl (C=O) groups is 1. The van der Waals surface area contributed by atoms with Crippen molar-refractivity contribution in [3.63, 3.8) is 0 Å². The normalized spacial score (nSPS) is 23.2. The molecule has 0 aromatic carbocycles. The zero-order valence-electron chi connectivity index (χ0n) is 17.4. The Morgan fingerprint density at radius 2 is 2.25 bits per heavy atom. The molecular weight excluding hydrogens is 457 g/mol. The number of nitrogens with one attached hydrogen (secondary N) is 1. The highest BCUT2D eigenvalue weighted by Crippen LogP contribution is 2.33. The summed E-state index contributed by atoms with van der Waals surface area (Å²) in [7, 11) is -1.53. The summed E-state index contributed by atoms with van der Waals surface area (Å²) >= 11 is 6.02. The number of amidine groups is 1. The van der Waals surface area contributed by atoms with Crippen molar-refractivity contribution in [2.45, 2.75) is 30.3 Å². The highest BCUT2D eigenvalue weighted by Gasteiger charge is 2.43. The Bertz CT molecular complexity index is 1270. The molecule has 2 aromatic heterocycles. The zero-order valence-corrected chi connectivity index (χ0v) is 19.0. The number of nitrogens with zero attached hydrogens (tertiary/aromatic N) is 5. The average Bonchev–Trinajstić information content (AvgIpc) is 2.77. The van der Waals surface area contributed by atoms with Gasteiger partial charge in [-0.05, 0) is 38.0 Å². The van der Waals surface area contributed by atoms with Crippen LogP contribution >= 0.6 is 11.6 Å². The first-order valence-electron chi connectivity index (χ1n) is 9.59. The Hall–Kier alpha value is -3.10. The monoisotopic (exact) mass is 477 g/mol. The van der Waals surface area contributed by atoms with E-state index >= 15 is 0 Å². The highest BCUT2D eigenvalue weighted by atomic mass is 35.5. The second-order valence-corrected chi connectivity index (χ2v) is 10.5. The van der Waals surface area contributed by atoms with Crippen molar-refractivity contribution < 1.29 is 13.4 Å². The fraction of sp³-hybridized carbons (Fsp3) is 0.350. The van der Waals surface area contributed by atoms with Crippen molar-refractivity contribution in [2.24, 2.45) is 15.1 Å². The van der Waals surface area contributed by atoms with Crippen molar-refractivity contribution in [1.82, 2.24) is 9.97 Å². The first-order chi connectivity index (χ1) is 15.1. The van der Waals surface area contributed by atoms with Crippen LogP contribution in [0.3, 0.4) is 0 Å². The van der Waals surface area contributed by atoms with Gasteiger partial charge in [0.15, 0.2) is 0 Å². The van der Waals surface area contributed by atoms with Crippen molar-refractivity contribution in [3.8, 4) is 6.07 Å². The van der Waals surface area contributed by atoms with Crippen LogP contribution in [0.4, 0.5) is 10.2 Å². The maximum atomic E-state index is 14.6. The summed E-state index contributed by atoms with van der Waals surface area (Å²) in [5.74, 6) is -1.45. The minimum absolute atomic E-state index is 0.0158. The molecule has 0 fully saturated rings. The lowest BCUT2D eigenvalue weighted by molar-refractivity contribution is 0.102. The van der Waals surface area contributed by atoms with Crippen LogP contribution in [0.1, 0.15) is 41.5 Å². The van der Waals surface area contributed by atoms with Crippen molar-refractivity contribution in [1.29, 1.82) is 5.26 Å². The number of anilines is 1. The maximum absolute atomic E-state index is 14.6. The van der Waals surface area contributed by atoms with Gasteiger partial charge in [-0.1, -0.05) is 11.6 Å². The molecule has 1 aliphatic heterocycles. The maximum Gasteiger partial charge on any atom is 0.276 e. The van der Waals surface area contributed by atoms with Crippen LogP contribution in [0, 0.1) is 17.1 Å². The Balaban J connectivity index is 1.91. The van der Waals surface area contributed by atoms with Crippen molar-refractivity contribution in [3.05, 3.63) is 52.2 Å². The molecule has 0 bridgehead atoms. The number of halogens is 2. The molecule has 0 saturated heterocycles. The molecular formula is C20H21ClFN7O2S. The highest BCUT2D eigenvalue weighted by molar-refractivity contribution is 7.95. The third-order valence-corrected chi connectivity index (χ3v) is 8.65. The number of nitriles is 1. The van der Waals surface area contributed by atoms with Crippen LogP contribution in [0.15, 0.2) is 33.8 Å². The predicted octanol–water partition coefficient (Wildman–Crippen LogP) is 2.90. The number of aromatic nitrogens is 2. The molecule has 1 amide bonds. The predicted molar refractivity (Wildman–Crippen MR) is 120 cm³/mol. The van der Waals surface area contributed by atoms with E-state index in [0.717, 1.165) is 6.07 Å². The standard InChI is InChI=1S/C20H21ClFN7O2S/c1-20(19(24)25-2)6-3-7-27-32(20,31)11-15-14(22)4-5-16(28-15)29-18(30)17-13(21)8-12(9-23)10-26-17/h4-5,8,10H,3,6-7,11H2,1-2H3,(H2,24,25)(H,28,29,30)/t20-,32?/m0/s1. The Kier molecular flexibility index (Phi) is 6.76. The average molecular weight is 478 g/mol. The van der Waals surface area contributed by atoms with E-state index in [0.29, 0.717) is 19.4 Å². The lowest BCUT2D eigenvalue weighted by atomic mass is 10.0. The van der Waals surface area contributed by atoms with Gasteiger partial charge in [0.05, 0.1) is 31.8 Å². The number of aliphatic imine (C=N–C) groups is 1. The van der Waals surface area contributed by atoms with Crippen LogP contribution < -0.4 is 11.1 Å². The number of amides is 1. The second kappa shape index (κ2) is 9.18. The van der Waals surface area contributed by atoms with Crippen molar-refractivity contribution >= 4 is 38.9 Å². The molecule has 12 heteroatoms. The molecule has 3 N–H and O–H groups in total. The lowest BCUT2D eigenvalue weighted by Gasteiger charge is -2.35. The number of hydrogen-bond donors (Lipinski definition) is 2. The SMILES string of the molecule is CN=C(N)[C@]1(C)CCCN=S1(=O)Cc1nc(NC(=O)c2ncc(C#N)cc2Cl)ccc1F. The number of rotatable bonds is 5. The quantitative estimate of drug-likeness (QED) is 0.500. The molecule has 0 radical (unpaired) electrons. The summed E-state index contributed by atoms with van der Waals surface area (Å²) in [5.41, 5.74) is 6.01. The van der Waals surface area contributed by atoms with E-state index in [2.05, 4.69) is 24.6 Å². The molecule has 2 atom stereocenters. The Morgan fingerprint density at radius 1 is 1.50 bits per heavy atom. The molecule has 3 rings (SSSR count). The molecule has 0 aliphatic carbocycles. The van der Waals surface area contributed by atoms with Gasteiger partial charge >= 0.3 is 0 Å².